The van der Waals surface area contributed by atoms with E-state index in [4.69, 9.17) is 4.74 Å². The molecule has 0 amide bonds. The number of rotatable bonds is 6. The minimum Gasteiger partial charge on any atom is -0.383 e. The van der Waals surface area contributed by atoms with Gasteiger partial charge in [-0.05, 0) is 19.1 Å². The number of fused-ring (bicyclic) bond motifs is 3. The van der Waals surface area contributed by atoms with Crippen LogP contribution in [0.3, 0.4) is 0 Å². The molecule has 5 heteroatoms. The molecule has 0 aliphatic carbocycles. The fraction of sp³-hybridized carbons (Fsp3) is 0.278. The molecule has 0 bridgehead atoms. The van der Waals surface area contributed by atoms with E-state index < -0.39 is 0 Å². The van der Waals surface area contributed by atoms with Gasteiger partial charge in [-0.25, -0.2) is 0 Å². The summed E-state index contributed by atoms with van der Waals surface area (Å²) < 4.78 is 7.48. The van der Waals surface area contributed by atoms with E-state index in [2.05, 4.69) is 28.8 Å². The number of carbonyl (C=O) groups excluding carboxylic acids is 1. The van der Waals surface area contributed by atoms with Gasteiger partial charge in [-0.1, -0.05) is 35.5 Å². The lowest BCUT2D eigenvalue weighted by atomic mass is 10.1. The van der Waals surface area contributed by atoms with Crippen LogP contribution in [0.2, 0.25) is 0 Å². The molecule has 0 fully saturated rings. The highest BCUT2D eigenvalue weighted by atomic mass is 16.5. The van der Waals surface area contributed by atoms with Crippen LogP contribution in [-0.4, -0.2) is 30.6 Å². The van der Waals surface area contributed by atoms with E-state index in [0.717, 1.165) is 21.8 Å². The molecule has 0 saturated carbocycles. The Morgan fingerprint density at radius 3 is 2.65 bits per heavy atom. The van der Waals surface area contributed by atoms with Crippen LogP contribution in [0.1, 0.15) is 23.3 Å². The van der Waals surface area contributed by atoms with Gasteiger partial charge in [0.05, 0.1) is 18.2 Å². The summed E-state index contributed by atoms with van der Waals surface area (Å²) >= 11 is 0. The Kier molecular flexibility index (Phi) is 4.21. The van der Waals surface area contributed by atoms with Gasteiger partial charge in [0.1, 0.15) is 6.54 Å². The molecular weight excluding hydrogens is 292 g/mol. The largest absolute Gasteiger partial charge is 0.383 e. The van der Waals surface area contributed by atoms with Crippen molar-refractivity contribution in [3.05, 3.63) is 52.9 Å². The Labute approximate surface area is 133 Å². The van der Waals surface area contributed by atoms with Crippen LogP contribution in [-0.2, 0) is 4.74 Å². The number of aromatic nitrogens is 1. The van der Waals surface area contributed by atoms with Crippen LogP contribution in [0.4, 0.5) is 0 Å². The van der Waals surface area contributed by atoms with Crippen molar-refractivity contribution in [2.75, 3.05) is 20.3 Å². The predicted molar refractivity (Wildman–Crippen MR) is 91.0 cm³/mol. The van der Waals surface area contributed by atoms with Gasteiger partial charge in [-0.2, -0.15) is 4.91 Å². The first-order valence-electron chi connectivity index (χ1n) is 7.51. The minimum absolute atomic E-state index is 0.122. The van der Waals surface area contributed by atoms with Crippen molar-refractivity contribution in [1.82, 2.24) is 4.57 Å². The van der Waals surface area contributed by atoms with Gasteiger partial charge >= 0.3 is 0 Å². The number of ether oxygens (including phenoxy) is 1. The Bertz CT molecular complexity index is 882. The monoisotopic (exact) mass is 310 g/mol. The molecule has 118 valence electrons. The first-order valence-corrected chi connectivity index (χ1v) is 7.51. The van der Waals surface area contributed by atoms with E-state index in [1.807, 2.05) is 24.3 Å². The molecule has 23 heavy (non-hydrogen) atoms. The smallest absolute Gasteiger partial charge is 0.187 e. The van der Waals surface area contributed by atoms with Gasteiger partial charge in [-0.15, -0.1) is 0 Å². The van der Waals surface area contributed by atoms with Crippen LogP contribution >= 0.6 is 0 Å². The number of nitroso groups, excluding NO2 is 1. The molecule has 0 N–H and O–H groups in total. The summed E-state index contributed by atoms with van der Waals surface area (Å²) in [5, 5.41) is 4.92. The van der Waals surface area contributed by atoms with E-state index >= 15 is 0 Å². The number of nitrogens with zero attached hydrogens (tertiary/aromatic N) is 2. The molecule has 3 aromatic rings. The summed E-state index contributed by atoms with van der Waals surface area (Å²) in [7, 11) is 1.68. The zero-order chi connectivity index (χ0) is 16.4. The summed E-state index contributed by atoms with van der Waals surface area (Å²) in [5.74, 6) is -0.266. The summed E-state index contributed by atoms with van der Waals surface area (Å²) in [4.78, 5) is 22.3. The van der Waals surface area contributed by atoms with Crippen molar-refractivity contribution in [1.29, 1.82) is 0 Å². The molecule has 0 radical (unpaired) electrons. The number of ketones is 1. The molecule has 1 atom stereocenters. The van der Waals surface area contributed by atoms with E-state index in [9.17, 15) is 9.70 Å². The second kappa shape index (κ2) is 6.30. The first kappa shape index (κ1) is 15.4. The number of benzene rings is 2. The highest BCUT2D eigenvalue weighted by Gasteiger charge is 2.16. The molecule has 0 aliphatic heterocycles. The van der Waals surface area contributed by atoms with Crippen LogP contribution in [0.5, 0.6) is 0 Å². The van der Waals surface area contributed by atoms with Gasteiger partial charge in [0.15, 0.2) is 5.78 Å². The SMILES string of the molecule is COCC(C)n1c2ccccc2c2ccc(C(=O)CN=O)cc21. The van der Waals surface area contributed by atoms with Gasteiger partial charge in [0.25, 0.3) is 0 Å². The Balaban J connectivity index is 2.28. The standard InChI is InChI=1S/C18H18N2O3/c1-12(11-23-2)20-16-6-4-3-5-14(16)15-8-7-13(9-17(15)20)18(21)10-19-22/h3-9,12H,10-11H2,1-2H3. The van der Waals surface area contributed by atoms with Gasteiger partial charge in [0, 0.05) is 29.0 Å². The number of hydrogen-bond acceptors (Lipinski definition) is 4. The van der Waals surface area contributed by atoms with Crippen molar-refractivity contribution < 1.29 is 9.53 Å². The van der Waals surface area contributed by atoms with Crippen molar-refractivity contribution in [3.8, 4) is 0 Å². The summed E-state index contributed by atoms with van der Waals surface area (Å²) in [6.45, 7) is 2.32. The van der Waals surface area contributed by atoms with E-state index in [-0.39, 0.29) is 18.4 Å². The highest BCUT2D eigenvalue weighted by molar-refractivity contribution is 6.10. The van der Waals surface area contributed by atoms with E-state index in [1.54, 1.807) is 13.2 Å². The highest BCUT2D eigenvalue weighted by Crippen LogP contribution is 2.32. The topological polar surface area (TPSA) is 60.7 Å². The quantitative estimate of drug-likeness (QED) is 0.511. The minimum atomic E-state index is -0.334. The zero-order valence-electron chi connectivity index (χ0n) is 13.2. The Hall–Kier alpha value is -2.53. The van der Waals surface area contributed by atoms with Crippen molar-refractivity contribution in [2.24, 2.45) is 5.18 Å². The maximum atomic E-state index is 12.0. The van der Waals surface area contributed by atoms with Crippen molar-refractivity contribution >= 4 is 27.6 Å². The lowest BCUT2D eigenvalue weighted by Crippen LogP contribution is -2.11. The molecule has 0 aliphatic rings. The number of hydrogen-bond donors (Lipinski definition) is 0. The molecule has 1 aromatic heterocycles. The van der Waals surface area contributed by atoms with Gasteiger partial charge < -0.3 is 9.30 Å². The molecule has 3 rings (SSSR count). The Morgan fingerprint density at radius 1 is 1.17 bits per heavy atom. The third kappa shape index (κ3) is 2.64. The Morgan fingerprint density at radius 2 is 1.91 bits per heavy atom. The molecule has 1 unspecified atom stereocenters. The van der Waals surface area contributed by atoms with E-state index in [1.165, 1.54) is 0 Å². The summed E-state index contributed by atoms with van der Waals surface area (Å²) in [6.07, 6.45) is 0. The van der Waals surface area contributed by atoms with Crippen LogP contribution < -0.4 is 0 Å². The lowest BCUT2D eigenvalue weighted by molar-refractivity contribution is 0.100. The predicted octanol–water partition coefficient (Wildman–Crippen LogP) is 3.95. The fourth-order valence-electron chi connectivity index (χ4n) is 3.11. The van der Waals surface area contributed by atoms with Crippen LogP contribution in [0.15, 0.2) is 47.6 Å². The van der Waals surface area contributed by atoms with E-state index in [0.29, 0.717) is 12.2 Å². The molecule has 5 nitrogen and oxygen atoms in total. The second-order valence-electron chi connectivity index (χ2n) is 5.63. The normalized spacial score (nSPS) is 12.6. The summed E-state index contributed by atoms with van der Waals surface area (Å²) in [6, 6.07) is 13.8. The van der Waals surface area contributed by atoms with Gasteiger partial charge in [0.2, 0.25) is 0 Å². The third-order valence-corrected chi connectivity index (χ3v) is 4.09. The van der Waals surface area contributed by atoms with Crippen molar-refractivity contribution in [3.63, 3.8) is 0 Å². The molecule has 2 aromatic carbocycles. The first-order chi connectivity index (χ1) is 11.2. The average molecular weight is 310 g/mol. The maximum Gasteiger partial charge on any atom is 0.187 e. The average Bonchev–Trinajstić information content (AvgIpc) is 2.89. The third-order valence-electron chi connectivity index (χ3n) is 4.09. The van der Waals surface area contributed by atoms with Gasteiger partial charge in [-0.3, -0.25) is 4.79 Å². The molecule has 1 heterocycles. The molecular formula is C18H18N2O3. The number of methoxy groups -OCH3 is 1. The maximum absolute atomic E-state index is 12.0. The number of Topliss-reactive ketones (excluding diaryl/α,β-unsaturated/α-hetero) is 1. The fourth-order valence-corrected chi connectivity index (χ4v) is 3.11. The number of para-hydroxylation sites is 1. The zero-order valence-corrected chi connectivity index (χ0v) is 13.2. The summed E-state index contributed by atoms with van der Waals surface area (Å²) in [5.41, 5.74) is 2.57. The van der Waals surface area contributed by atoms with Crippen molar-refractivity contribution in [2.45, 2.75) is 13.0 Å². The second-order valence-corrected chi connectivity index (χ2v) is 5.63. The van der Waals surface area contributed by atoms with Crippen LogP contribution in [0, 0.1) is 4.91 Å². The van der Waals surface area contributed by atoms with Crippen LogP contribution in [0.25, 0.3) is 21.8 Å². The number of carbonyl (C=O) groups is 1. The lowest BCUT2D eigenvalue weighted by Gasteiger charge is -2.16. The molecule has 0 saturated heterocycles. The molecule has 0 spiro atoms.